The zero-order valence-corrected chi connectivity index (χ0v) is 16.4. The van der Waals surface area contributed by atoms with Gasteiger partial charge in [-0.3, -0.25) is 0 Å². The first-order chi connectivity index (χ1) is 13.6. The molecule has 7 heteroatoms. The summed E-state index contributed by atoms with van der Waals surface area (Å²) in [5, 5.41) is 3.99. The lowest BCUT2D eigenvalue weighted by molar-refractivity contribution is 0.0242. The lowest BCUT2D eigenvalue weighted by Crippen LogP contribution is -2.51. The lowest BCUT2D eigenvalue weighted by Gasteiger charge is -2.39. The van der Waals surface area contributed by atoms with E-state index in [1.807, 2.05) is 6.07 Å². The Kier molecular flexibility index (Phi) is 5.82. The molecule has 3 heterocycles. The van der Waals surface area contributed by atoms with Crippen molar-refractivity contribution in [3.8, 4) is 0 Å². The van der Waals surface area contributed by atoms with Crippen LogP contribution in [0.4, 0.5) is 9.18 Å². The highest BCUT2D eigenvalue weighted by Gasteiger charge is 2.27. The molecule has 1 aromatic carbocycles. The van der Waals surface area contributed by atoms with E-state index in [2.05, 4.69) is 15.2 Å². The molecule has 2 aliphatic rings. The summed E-state index contributed by atoms with van der Waals surface area (Å²) in [5.74, 6) is -0.253. The standard InChI is InChI=1S/C21H29FN4O2/c1-25(14-18-13-15-12-16(22)2-3-20(15)23-18)21(27)24-17-4-8-26(9-5-17)19-6-10-28-11-7-19/h2-3,12-13,17,19,23H,4-11,14H2,1H3,(H,24,27). The van der Waals surface area contributed by atoms with Crippen molar-refractivity contribution >= 4 is 16.9 Å². The molecule has 0 aliphatic carbocycles. The third kappa shape index (κ3) is 4.47. The molecule has 2 saturated heterocycles. The van der Waals surface area contributed by atoms with E-state index in [-0.39, 0.29) is 17.9 Å². The van der Waals surface area contributed by atoms with Crippen molar-refractivity contribution in [1.82, 2.24) is 20.1 Å². The summed E-state index contributed by atoms with van der Waals surface area (Å²) in [6.45, 7) is 4.27. The van der Waals surface area contributed by atoms with Crippen LogP contribution < -0.4 is 5.32 Å². The van der Waals surface area contributed by atoms with Crippen LogP contribution in [0.25, 0.3) is 10.9 Å². The van der Waals surface area contributed by atoms with Gasteiger partial charge in [0.1, 0.15) is 5.82 Å². The number of likely N-dealkylation sites (tertiary alicyclic amines) is 1. The quantitative estimate of drug-likeness (QED) is 0.846. The van der Waals surface area contributed by atoms with Crippen molar-refractivity contribution in [1.29, 1.82) is 0 Å². The van der Waals surface area contributed by atoms with Crippen molar-refractivity contribution in [3.63, 3.8) is 0 Å². The summed E-state index contributed by atoms with van der Waals surface area (Å²) in [4.78, 5) is 20.1. The summed E-state index contributed by atoms with van der Waals surface area (Å²) in [6.07, 6.45) is 4.22. The van der Waals surface area contributed by atoms with Crippen molar-refractivity contribution < 1.29 is 13.9 Å². The lowest BCUT2D eigenvalue weighted by atomic mass is 10.00. The molecule has 2 amide bonds. The smallest absolute Gasteiger partial charge is 0.317 e. The molecular weight excluding hydrogens is 359 g/mol. The van der Waals surface area contributed by atoms with Crippen LogP contribution in [0.1, 0.15) is 31.4 Å². The van der Waals surface area contributed by atoms with Gasteiger partial charge in [0.15, 0.2) is 0 Å². The number of hydrogen-bond donors (Lipinski definition) is 2. The highest BCUT2D eigenvalue weighted by atomic mass is 19.1. The number of carbonyl (C=O) groups is 1. The van der Waals surface area contributed by atoms with Crippen molar-refractivity contribution in [2.24, 2.45) is 0 Å². The van der Waals surface area contributed by atoms with Crippen LogP contribution in [0.2, 0.25) is 0 Å². The van der Waals surface area contributed by atoms with Gasteiger partial charge in [0.2, 0.25) is 0 Å². The molecule has 6 nitrogen and oxygen atoms in total. The van der Waals surface area contributed by atoms with Crippen LogP contribution in [0.3, 0.4) is 0 Å². The summed E-state index contributed by atoms with van der Waals surface area (Å²) < 4.78 is 18.8. The Labute approximate surface area is 165 Å². The first kappa shape index (κ1) is 19.2. The van der Waals surface area contributed by atoms with E-state index >= 15 is 0 Å². The number of nitrogens with one attached hydrogen (secondary N) is 2. The first-order valence-corrected chi connectivity index (χ1v) is 10.2. The van der Waals surface area contributed by atoms with Gasteiger partial charge in [-0.15, -0.1) is 0 Å². The Morgan fingerprint density at radius 1 is 1.25 bits per heavy atom. The number of amides is 2. The number of nitrogens with zero attached hydrogens (tertiary/aromatic N) is 2. The van der Waals surface area contributed by atoms with Gasteiger partial charge in [-0.1, -0.05) is 0 Å². The number of H-pyrrole nitrogens is 1. The number of piperidine rings is 1. The molecule has 28 heavy (non-hydrogen) atoms. The van der Waals surface area contributed by atoms with E-state index in [0.717, 1.165) is 68.6 Å². The van der Waals surface area contributed by atoms with E-state index in [1.165, 1.54) is 12.1 Å². The molecule has 2 aliphatic heterocycles. The average Bonchev–Trinajstić information content (AvgIpc) is 3.10. The number of halogens is 1. The average molecular weight is 388 g/mol. The van der Waals surface area contributed by atoms with E-state index in [4.69, 9.17) is 4.74 Å². The molecular formula is C21H29FN4O2. The predicted octanol–water partition coefficient (Wildman–Crippen LogP) is 3.09. The number of rotatable bonds is 4. The van der Waals surface area contributed by atoms with Crippen LogP contribution in [-0.2, 0) is 11.3 Å². The van der Waals surface area contributed by atoms with Gasteiger partial charge in [-0.05, 0) is 49.9 Å². The molecule has 152 valence electrons. The summed E-state index contributed by atoms with van der Waals surface area (Å²) >= 11 is 0. The molecule has 2 fully saturated rings. The topological polar surface area (TPSA) is 60.6 Å². The Morgan fingerprint density at radius 2 is 2.00 bits per heavy atom. The van der Waals surface area contributed by atoms with Crippen LogP contribution in [0.5, 0.6) is 0 Å². The second-order valence-corrected chi connectivity index (χ2v) is 7.99. The number of carbonyl (C=O) groups excluding carboxylic acids is 1. The third-order valence-electron chi connectivity index (χ3n) is 5.96. The number of fused-ring (bicyclic) bond motifs is 1. The van der Waals surface area contributed by atoms with Crippen LogP contribution in [0.15, 0.2) is 24.3 Å². The Balaban J connectivity index is 1.26. The van der Waals surface area contributed by atoms with Gasteiger partial charge in [0.05, 0.1) is 6.54 Å². The molecule has 0 saturated carbocycles. The van der Waals surface area contributed by atoms with Gasteiger partial charge < -0.3 is 24.8 Å². The predicted molar refractivity (Wildman–Crippen MR) is 107 cm³/mol. The minimum atomic E-state index is -0.253. The molecule has 0 atom stereocenters. The second-order valence-electron chi connectivity index (χ2n) is 7.99. The van der Waals surface area contributed by atoms with Gasteiger partial charge >= 0.3 is 6.03 Å². The van der Waals surface area contributed by atoms with E-state index in [1.54, 1.807) is 18.0 Å². The van der Waals surface area contributed by atoms with Crippen LogP contribution >= 0.6 is 0 Å². The fourth-order valence-electron chi connectivity index (χ4n) is 4.32. The van der Waals surface area contributed by atoms with Crippen LogP contribution in [0, 0.1) is 5.82 Å². The zero-order valence-electron chi connectivity index (χ0n) is 16.4. The normalized spacial score (nSPS) is 19.8. The number of hydrogen-bond acceptors (Lipinski definition) is 3. The third-order valence-corrected chi connectivity index (χ3v) is 5.96. The molecule has 0 bridgehead atoms. The van der Waals surface area contributed by atoms with Crippen LogP contribution in [-0.4, -0.2) is 66.2 Å². The SMILES string of the molecule is CN(Cc1cc2cc(F)ccc2[nH]1)C(=O)NC1CCN(C2CCOCC2)CC1. The molecule has 1 aromatic heterocycles. The Hall–Kier alpha value is -2.12. The largest absolute Gasteiger partial charge is 0.381 e. The van der Waals surface area contributed by atoms with Crippen molar-refractivity contribution in [2.75, 3.05) is 33.4 Å². The molecule has 2 aromatic rings. The molecule has 2 N–H and O–H groups in total. The number of aromatic nitrogens is 1. The number of benzene rings is 1. The molecule has 0 unspecified atom stereocenters. The second kappa shape index (κ2) is 8.49. The molecule has 4 rings (SSSR count). The fourth-order valence-corrected chi connectivity index (χ4v) is 4.32. The minimum absolute atomic E-state index is 0.0608. The number of ether oxygens (including phenoxy) is 1. The number of aromatic amines is 1. The summed E-state index contributed by atoms with van der Waals surface area (Å²) in [7, 11) is 1.79. The van der Waals surface area contributed by atoms with Gasteiger partial charge in [-0.25, -0.2) is 9.18 Å². The van der Waals surface area contributed by atoms with Gasteiger partial charge in [-0.2, -0.15) is 0 Å². The fraction of sp³-hybridized carbons (Fsp3) is 0.571. The maximum Gasteiger partial charge on any atom is 0.317 e. The molecule has 0 spiro atoms. The van der Waals surface area contributed by atoms with Gasteiger partial charge in [0, 0.05) is 62.0 Å². The van der Waals surface area contributed by atoms with Crippen molar-refractivity contribution in [3.05, 3.63) is 35.8 Å². The first-order valence-electron chi connectivity index (χ1n) is 10.2. The zero-order chi connectivity index (χ0) is 19.5. The van der Waals surface area contributed by atoms with E-state index in [9.17, 15) is 9.18 Å². The maximum atomic E-state index is 13.3. The monoisotopic (exact) mass is 388 g/mol. The Bertz CT molecular complexity index is 810. The van der Waals surface area contributed by atoms with Gasteiger partial charge in [0.25, 0.3) is 0 Å². The number of urea groups is 1. The van der Waals surface area contributed by atoms with E-state index in [0.29, 0.717) is 12.6 Å². The maximum absolute atomic E-state index is 13.3. The Morgan fingerprint density at radius 3 is 2.75 bits per heavy atom. The summed E-state index contributed by atoms with van der Waals surface area (Å²) in [5.41, 5.74) is 1.78. The molecule has 0 radical (unpaired) electrons. The summed E-state index contributed by atoms with van der Waals surface area (Å²) in [6, 6.07) is 7.36. The highest BCUT2D eigenvalue weighted by Crippen LogP contribution is 2.20. The minimum Gasteiger partial charge on any atom is -0.381 e. The van der Waals surface area contributed by atoms with E-state index < -0.39 is 0 Å². The highest BCUT2D eigenvalue weighted by molar-refractivity contribution is 5.80. The van der Waals surface area contributed by atoms with Crippen molar-refractivity contribution in [2.45, 2.75) is 44.3 Å².